The fraction of sp³-hybridized carbons (Fsp3) is 0.647. The Labute approximate surface area is 119 Å². The van der Waals surface area contributed by atoms with E-state index in [-0.39, 0.29) is 0 Å². The zero-order chi connectivity index (χ0) is 14.3. The highest BCUT2D eigenvalue weighted by molar-refractivity contribution is 5.25. The summed E-state index contributed by atoms with van der Waals surface area (Å²) in [6.07, 6.45) is 0. The average Bonchev–Trinajstić information content (AvgIpc) is 2.38. The SMILES string of the molecule is CCN(C)Cc1ccc(C(C)CNCC(C)C)cc1. The van der Waals surface area contributed by atoms with Crippen molar-refractivity contribution < 1.29 is 0 Å². The van der Waals surface area contributed by atoms with Crippen molar-refractivity contribution in [2.45, 2.75) is 40.2 Å². The smallest absolute Gasteiger partial charge is 0.0230 e. The summed E-state index contributed by atoms with van der Waals surface area (Å²) in [7, 11) is 2.16. The van der Waals surface area contributed by atoms with Crippen molar-refractivity contribution in [1.82, 2.24) is 10.2 Å². The Balaban J connectivity index is 2.46. The van der Waals surface area contributed by atoms with Crippen molar-refractivity contribution in [3.63, 3.8) is 0 Å². The lowest BCUT2D eigenvalue weighted by Crippen LogP contribution is -2.24. The van der Waals surface area contributed by atoms with Crippen LogP contribution < -0.4 is 5.32 Å². The third-order valence-electron chi connectivity index (χ3n) is 3.54. The van der Waals surface area contributed by atoms with E-state index in [0.717, 1.165) is 32.1 Å². The standard InChI is InChI=1S/C17H30N2/c1-6-19(5)13-16-7-9-17(10-8-16)15(4)12-18-11-14(2)3/h7-10,14-15,18H,6,11-13H2,1-5H3. The molecule has 0 amide bonds. The highest BCUT2D eigenvalue weighted by Gasteiger charge is 2.06. The predicted octanol–water partition coefficient (Wildman–Crippen LogP) is 3.49. The molecule has 0 heterocycles. The van der Waals surface area contributed by atoms with Crippen molar-refractivity contribution >= 4 is 0 Å². The van der Waals surface area contributed by atoms with E-state index in [9.17, 15) is 0 Å². The zero-order valence-corrected chi connectivity index (χ0v) is 13.2. The quantitative estimate of drug-likeness (QED) is 0.771. The molecule has 0 aliphatic rings. The second-order valence-corrected chi connectivity index (χ2v) is 6.03. The summed E-state index contributed by atoms with van der Waals surface area (Å²) in [6, 6.07) is 9.09. The molecule has 0 aromatic heterocycles. The molecule has 0 saturated carbocycles. The van der Waals surface area contributed by atoms with E-state index < -0.39 is 0 Å². The van der Waals surface area contributed by atoms with Gasteiger partial charge in [-0.3, -0.25) is 0 Å². The van der Waals surface area contributed by atoms with E-state index in [2.05, 4.69) is 69.2 Å². The van der Waals surface area contributed by atoms with Gasteiger partial charge in [0, 0.05) is 13.1 Å². The predicted molar refractivity (Wildman–Crippen MR) is 84.6 cm³/mol. The average molecular weight is 262 g/mol. The minimum absolute atomic E-state index is 0.580. The minimum Gasteiger partial charge on any atom is -0.316 e. The van der Waals surface area contributed by atoms with Crippen LogP contribution in [0.3, 0.4) is 0 Å². The molecule has 0 radical (unpaired) electrons. The van der Waals surface area contributed by atoms with Gasteiger partial charge in [-0.2, -0.15) is 0 Å². The van der Waals surface area contributed by atoms with Gasteiger partial charge in [0.15, 0.2) is 0 Å². The normalized spacial score (nSPS) is 13.2. The molecule has 0 aliphatic heterocycles. The van der Waals surface area contributed by atoms with Crippen molar-refractivity contribution in [3.05, 3.63) is 35.4 Å². The van der Waals surface area contributed by atoms with Gasteiger partial charge in [-0.1, -0.05) is 52.0 Å². The second-order valence-electron chi connectivity index (χ2n) is 6.03. The summed E-state index contributed by atoms with van der Waals surface area (Å²) in [5.74, 6) is 1.30. The first-order valence-electron chi connectivity index (χ1n) is 7.51. The number of nitrogens with one attached hydrogen (secondary N) is 1. The number of benzene rings is 1. The lowest BCUT2D eigenvalue weighted by atomic mass is 9.99. The van der Waals surface area contributed by atoms with E-state index in [4.69, 9.17) is 0 Å². The van der Waals surface area contributed by atoms with Crippen LogP contribution in [0.5, 0.6) is 0 Å². The van der Waals surface area contributed by atoms with Crippen molar-refractivity contribution in [2.24, 2.45) is 5.92 Å². The van der Waals surface area contributed by atoms with Crippen LogP contribution in [-0.2, 0) is 6.54 Å². The fourth-order valence-corrected chi connectivity index (χ4v) is 2.08. The molecule has 0 aliphatic carbocycles. The van der Waals surface area contributed by atoms with Gasteiger partial charge in [0.05, 0.1) is 0 Å². The number of nitrogens with zero attached hydrogens (tertiary/aromatic N) is 1. The number of hydrogen-bond donors (Lipinski definition) is 1. The van der Waals surface area contributed by atoms with Crippen LogP contribution in [0, 0.1) is 5.92 Å². The maximum absolute atomic E-state index is 3.53. The van der Waals surface area contributed by atoms with Gasteiger partial charge in [-0.15, -0.1) is 0 Å². The van der Waals surface area contributed by atoms with E-state index >= 15 is 0 Å². The molecule has 0 bridgehead atoms. The van der Waals surface area contributed by atoms with Crippen LogP contribution in [0.25, 0.3) is 0 Å². The van der Waals surface area contributed by atoms with Crippen LogP contribution in [0.15, 0.2) is 24.3 Å². The van der Waals surface area contributed by atoms with E-state index in [1.54, 1.807) is 0 Å². The zero-order valence-electron chi connectivity index (χ0n) is 13.2. The summed E-state index contributed by atoms with van der Waals surface area (Å²) in [5.41, 5.74) is 2.83. The molecule has 0 spiro atoms. The van der Waals surface area contributed by atoms with Crippen molar-refractivity contribution in [3.8, 4) is 0 Å². The molecule has 1 atom stereocenters. The van der Waals surface area contributed by atoms with Crippen molar-refractivity contribution in [2.75, 3.05) is 26.7 Å². The van der Waals surface area contributed by atoms with E-state index in [1.807, 2.05) is 0 Å². The van der Waals surface area contributed by atoms with Crippen molar-refractivity contribution in [1.29, 1.82) is 0 Å². The monoisotopic (exact) mass is 262 g/mol. The summed E-state index contributed by atoms with van der Waals surface area (Å²) in [6.45, 7) is 13.3. The summed E-state index contributed by atoms with van der Waals surface area (Å²) >= 11 is 0. The molecule has 1 rings (SSSR count). The number of rotatable bonds is 8. The summed E-state index contributed by atoms with van der Waals surface area (Å²) in [4.78, 5) is 2.32. The molecule has 2 heteroatoms. The molecule has 1 N–H and O–H groups in total. The second kappa shape index (κ2) is 8.34. The van der Waals surface area contributed by atoms with Crippen LogP contribution in [0.2, 0.25) is 0 Å². The molecule has 1 aromatic rings. The third kappa shape index (κ3) is 6.22. The van der Waals surface area contributed by atoms with Gasteiger partial charge in [0.1, 0.15) is 0 Å². The van der Waals surface area contributed by atoms with Crippen LogP contribution in [-0.4, -0.2) is 31.6 Å². The first kappa shape index (κ1) is 16.2. The summed E-state index contributed by atoms with van der Waals surface area (Å²) < 4.78 is 0. The Bertz CT molecular complexity index is 343. The van der Waals surface area contributed by atoms with Crippen LogP contribution in [0.4, 0.5) is 0 Å². The van der Waals surface area contributed by atoms with Gasteiger partial charge in [-0.25, -0.2) is 0 Å². The first-order chi connectivity index (χ1) is 9.02. The van der Waals surface area contributed by atoms with Gasteiger partial charge in [0.25, 0.3) is 0 Å². The van der Waals surface area contributed by atoms with Gasteiger partial charge < -0.3 is 10.2 Å². The molecule has 19 heavy (non-hydrogen) atoms. The lowest BCUT2D eigenvalue weighted by molar-refractivity contribution is 0.346. The Morgan fingerprint density at radius 1 is 1.05 bits per heavy atom. The molecule has 1 unspecified atom stereocenters. The van der Waals surface area contributed by atoms with Crippen LogP contribution in [0.1, 0.15) is 44.7 Å². The molecule has 0 saturated heterocycles. The molecule has 1 aromatic carbocycles. The Hall–Kier alpha value is -0.860. The van der Waals surface area contributed by atoms with Gasteiger partial charge in [0.2, 0.25) is 0 Å². The van der Waals surface area contributed by atoms with Crippen LogP contribution >= 0.6 is 0 Å². The van der Waals surface area contributed by atoms with Gasteiger partial charge in [-0.05, 0) is 43.1 Å². The molecule has 2 nitrogen and oxygen atoms in total. The molecular weight excluding hydrogens is 232 g/mol. The Morgan fingerprint density at radius 3 is 2.21 bits per heavy atom. The highest BCUT2D eigenvalue weighted by Crippen LogP contribution is 2.16. The van der Waals surface area contributed by atoms with E-state index in [1.165, 1.54) is 11.1 Å². The molecular formula is C17H30N2. The largest absolute Gasteiger partial charge is 0.316 e. The first-order valence-corrected chi connectivity index (χ1v) is 7.51. The minimum atomic E-state index is 0.580. The highest BCUT2D eigenvalue weighted by atomic mass is 15.1. The van der Waals surface area contributed by atoms with E-state index in [0.29, 0.717) is 5.92 Å². The Morgan fingerprint density at radius 2 is 1.68 bits per heavy atom. The maximum atomic E-state index is 3.53. The molecule has 108 valence electrons. The van der Waals surface area contributed by atoms with Gasteiger partial charge >= 0.3 is 0 Å². The topological polar surface area (TPSA) is 15.3 Å². The third-order valence-corrected chi connectivity index (χ3v) is 3.54. The fourth-order valence-electron chi connectivity index (χ4n) is 2.08. The summed E-state index contributed by atoms with van der Waals surface area (Å²) in [5, 5.41) is 3.53. The Kier molecular flexibility index (Phi) is 7.11. The maximum Gasteiger partial charge on any atom is 0.0230 e. The molecule has 0 fully saturated rings. The lowest BCUT2D eigenvalue weighted by Gasteiger charge is -2.16. The number of hydrogen-bond acceptors (Lipinski definition) is 2.